The molecule has 3 aliphatic heterocycles. The number of carbonyl (C=O) groups is 11. The number of quaternary nitrogens is 1. The number of piperazine rings is 1. The Morgan fingerprint density at radius 3 is 1.77 bits per heavy atom. The minimum absolute atomic E-state index is 0.00661. The van der Waals surface area contributed by atoms with Gasteiger partial charge in [0.1, 0.15) is 23.9 Å². The van der Waals surface area contributed by atoms with Crippen LogP contribution in [0.25, 0.3) is 0 Å². The van der Waals surface area contributed by atoms with E-state index in [2.05, 4.69) is 64.9 Å². The molecule has 23 nitrogen and oxygen atoms in total. The first kappa shape index (κ1) is 71.5. The van der Waals surface area contributed by atoms with Crippen LogP contribution in [0.15, 0.2) is 54.6 Å². The van der Waals surface area contributed by atoms with Crippen LogP contribution in [0.3, 0.4) is 0 Å². The van der Waals surface area contributed by atoms with Gasteiger partial charge in [0.2, 0.25) is 47.3 Å². The fraction of sp³-hybridized carbons (Fsp3) is 0.596. The Morgan fingerprint density at radius 2 is 1.21 bits per heavy atom. The van der Waals surface area contributed by atoms with Crippen molar-refractivity contribution in [3.63, 3.8) is 0 Å². The Labute approximate surface area is 490 Å². The zero-order valence-corrected chi connectivity index (χ0v) is 50.8. The van der Waals surface area contributed by atoms with E-state index in [-0.39, 0.29) is 50.4 Å². The molecular weight excluding hydrogens is 1100 g/mol. The molecule has 3 heterocycles. The third-order valence-electron chi connectivity index (χ3n) is 12.9. The number of rotatable bonds is 9. The quantitative estimate of drug-likeness (QED) is 0.0986. The van der Waals surface area contributed by atoms with Gasteiger partial charge in [0.05, 0.1) is 45.4 Å². The first-order chi connectivity index (χ1) is 39.0. The number of amides is 11. The Bertz CT molecular complexity index is 2400. The number of phenolic OH excluding ortho intramolecular Hbond substituents is 1. The standard InChI is InChI=1S/C43H62N10O12S2.C7H8O.C4H10.C3H8/c1-5-14-51-22-38(61)52(20-27(4)54)21-36(59)50-39(26(3)6-2)43(65)53-15-10-13-32(55)48-30(24-66-67-25-31(42(53)64)49-37(60)23-53)40(62)46-18-34(57)44-17-33(56)45-19-35(58)47-29(41(51)63)16-28-11-8-7-9-12-28;1-6-2-4-7(8)5-3-6;1-3-4-2;1-3-2/h7-9,11-12,26-27,29-31,39,54H,5-6,10,13-25H2,1-4H3,(H6-,44,45,46,47,48,49,50,55,56,57,58,59,60,62);2-5,8H,1H3;3-4H2,1-2H3;3H2,1-2H3/p+1/t26?,27?,29-,30?,31?,39?,53?;;;/m0.../s1. The molecule has 0 radical (unpaired) electrons. The fourth-order valence-electron chi connectivity index (χ4n) is 8.26. The number of β-amino-alcohol motifs (C(OH)–C–C–N with tert-alkyl or cyclic N) is 1. The van der Waals surface area contributed by atoms with Gasteiger partial charge in [-0.3, -0.25) is 43.2 Å². The van der Waals surface area contributed by atoms with E-state index in [0.29, 0.717) is 24.2 Å². The van der Waals surface area contributed by atoms with Crippen molar-refractivity contribution >= 4 is 86.6 Å². The van der Waals surface area contributed by atoms with Crippen molar-refractivity contribution in [3.8, 4) is 5.75 Å². The van der Waals surface area contributed by atoms with Gasteiger partial charge in [0.15, 0.2) is 12.6 Å². The first-order valence-corrected chi connectivity index (χ1v) is 30.7. The Morgan fingerprint density at radius 1 is 0.634 bits per heavy atom. The maximum absolute atomic E-state index is 14.9. The van der Waals surface area contributed by atoms with Crippen molar-refractivity contribution in [3.05, 3.63) is 65.7 Å². The van der Waals surface area contributed by atoms with Crippen LogP contribution in [0, 0.1) is 12.8 Å². The van der Waals surface area contributed by atoms with E-state index in [9.17, 15) is 57.8 Å². The zero-order chi connectivity index (χ0) is 61.4. The summed E-state index contributed by atoms with van der Waals surface area (Å²) in [7, 11) is 2.21. The summed E-state index contributed by atoms with van der Waals surface area (Å²) in [6.45, 7) is 13.0. The van der Waals surface area contributed by atoms with E-state index in [0.717, 1.165) is 26.5 Å². The molecule has 2 aromatic rings. The normalized spacial score (nSPS) is 23.2. The summed E-state index contributed by atoms with van der Waals surface area (Å²) < 4.78 is -1.02. The molecule has 5 rings (SSSR count). The highest BCUT2D eigenvalue weighted by molar-refractivity contribution is 8.76. The molecule has 3 aliphatic rings. The van der Waals surface area contributed by atoms with E-state index < -0.39 is 145 Å². The van der Waals surface area contributed by atoms with Gasteiger partial charge >= 0.3 is 11.8 Å². The Hall–Kier alpha value is -6.57. The molecule has 3 fully saturated rings. The highest BCUT2D eigenvalue weighted by atomic mass is 33.1. The molecule has 3 bridgehead atoms. The number of nitrogens with one attached hydrogen (secondary N) is 7. The summed E-state index contributed by atoms with van der Waals surface area (Å²) >= 11 is 0. The van der Waals surface area contributed by atoms with Crippen molar-refractivity contribution in [2.24, 2.45) is 5.92 Å². The first-order valence-electron chi connectivity index (χ1n) is 28.2. The van der Waals surface area contributed by atoms with Crippen molar-refractivity contribution in [2.75, 3.05) is 70.4 Å². The van der Waals surface area contributed by atoms with Crippen LogP contribution >= 0.6 is 21.6 Å². The topological polar surface area (TPSA) is 319 Å². The van der Waals surface area contributed by atoms with Crippen LogP contribution in [0.4, 0.5) is 0 Å². The molecule has 0 aliphatic carbocycles. The SMILES string of the molecule is CCC.CCCC.CCCN1CC(=O)N(CC(C)O)CC(=O)NC(C(C)CC)C(=O)[N+]23CCCC(=O)NC(CSSCC(NC(=O)C2)C3=O)C(=O)NCC(=O)NCC(=O)NCC(=O)N[C@@H](Cc2ccccc2)C1=O.Cc1ccc(O)cc1. The molecule has 7 atom stereocenters. The molecular formula is C57H89N10O13S2+. The van der Waals surface area contributed by atoms with E-state index in [4.69, 9.17) is 5.11 Å². The molecule has 25 heteroatoms. The Balaban J connectivity index is 0.00000134. The molecule has 1 spiro atoms. The van der Waals surface area contributed by atoms with Gasteiger partial charge in [-0.15, -0.1) is 0 Å². The number of aliphatic hydroxyl groups is 1. The summed E-state index contributed by atoms with van der Waals surface area (Å²) in [5.41, 5.74) is 1.83. The number of aryl methyl sites for hydroxylation is 1. The average molecular weight is 1190 g/mol. The molecule has 0 saturated carbocycles. The van der Waals surface area contributed by atoms with Crippen molar-refractivity contribution < 1.29 is 67.4 Å². The van der Waals surface area contributed by atoms with Gasteiger partial charge in [0, 0.05) is 43.9 Å². The largest absolute Gasteiger partial charge is 0.508 e. The predicted octanol–water partition coefficient (Wildman–Crippen LogP) is 2.01. The van der Waals surface area contributed by atoms with E-state index >= 15 is 0 Å². The smallest absolute Gasteiger partial charge is 0.344 e. The lowest BCUT2D eigenvalue weighted by Gasteiger charge is -2.41. The third kappa shape index (κ3) is 25.3. The molecule has 456 valence electrons. The van der Waals surface area contributed by atoms with E-state index in [1.54, 1.807) is 63.2 Å². The summed E-state index contributed by atoms with van der Waals surface area (Å²) in [6.07, 6.45) is 3.08. The van der Waals surface area contributed by atoms with E-state index in [1.165, 1.54) is 36.6 Å². The van der Waals surface area contributed by atoms with Crippen LogP contribution in [0.2, 0.25) is 0 Å². The number of imide groups is 1. The summed E-state index contributed by atoms with van der Waals surface area (Å²) in [5, 5.41) is 37.0. The molecule has 11 amide bonds. The second-order valence-electron chi connectivity index (χ2n) is 20.4. The van der Waals surface area contributed by atoms with Crippen LogP contribution in [-0.2, 0) is 59.2 Å². The number of carbonyl (C=O) groups excluding carboxylic acids is 11. The van der Waals surface area contributed by atoms with Gasteiger partial charge < -0.3 is 57.2 Å². The maximum atomic E-state index is 14.9. The minimum atomic E-state index is -1.37. The summed E-state index contributed by atoms with van der Waals surface area (Å²) in [4.78, 5) is 153. The van der Waals surface area contributed by atoms with Crippen LogP contribution in [0.1, 0.15) is 111 Å². The van der Waals surface area contributed by atoms with Crippen LogP contribution in [-0.4, -0.2) is 190 Å². The van der Waals surface area contributed by atoms with Crippen LogP contribution in [0.5, 0.6) is 5.75 Å². The number of fused-ring (bicyclic) bond motifs is 6. The molecule has 6 unspecified atom stereocenters. The number of nitrogens with zero attached hydrogens (tertiary/aromatic N) is 3. The number of hydrogen-bond donors (Lipinski definition) is 9. The van der Waals surface area contributed by atoms with Gasteiger partial charge in [-0.2, -0.15) is 4.48 Å². The lowest BCUT2D eigenvalue weighted by Crippen LogP contribution is -2.74. The van der Waals surface area contributed by atoms with Crippen molar-refractivity contribution in [1.29, 1.82) is 0 Å². The highest BCUT2D eigenvalue weighted by Crippen LogP contribution is 2.29. The molecule has 82 heavy (non-hydrogen) atoms. The number of aliphatic hydroxyl groups excluding tert-OH is 1. The number of unbranched alkanes of at least 4 members (excludes halogenated alkanes) is 1. The van der Waals surface area contributed by atoms with Gasteiger partial charge in [-0.1, -0.05) is 144 Å². The summed E-state index contributed by atoms with van der Waals surface area (Å²) in [6, 6.07) is 10.9. The van der Waals surface area contributed by atoms with Crippen molar-refractivity contribution in [1.82, 2.24) is 47.0 Å². The molecule has 9 N–H and O–H groups in total. The number of aromatic hydroxyl groups is 1. The van der Waals surface area contributed by atoms with Crippen molar-refractivity contribution in [2.45, 2.75) is 144 Å². The predicted molar refractivity (Wildman–Crippen MR) is 315 cm³/mol. The molecule has 3 saturated heterocycles. The van der Waals surface area contributed by atoms with Gasteiger partial charge in [-0.05, 0) is 43.9 Å². The Kier molecular flexibility index (Phi) is 33.4. The maximum Gasteiger partial charge on any atom is 0.344 e. The van der Waals surface area contributed by atoms with E-state index in [1.807, 2.05) is 19.1 Å². The van der Waals surface area contributed by atoms with Crippen LogP contribution < -0.4 is 37.2 Å². The lowest BCUT2D eigenvalue weighted by atomic mass is 9.94. The second-order valence-corrected chi connectivity index (χ2v) is 22.9. The lowest BCUT2D eigenvalue weighted by molar-refractivity contribution is -0.775. The monoisotopic (exact) mass is 1190 g/mol. The third-order valence-corrected chi connectivity index (χ3v) is 15.3. The zero-order valence-electron chi connectivity index (χ0n) is 49.1. The average Bonchev–Trinajstić information content (AvgIpc) is 3.56. The second kappa shape index (κ2) is 38.3. The highest BCUT2D eigenvalue weighted by Gasteiger charge is 2.56. The molecule has 0 aromatic heterocycles. The number of benzene rings is 2. The van der Waals surface area contributed by atoms with Gasteiger partial charge in [-0.25, -0.2) is 9.59 Å². The molecule has 2 aromatic carbocycles. The minimum Gasteiger partial charge on any atom is -0.508 e. The summed E-state index contributed by atoms with van der Waals surface area (Å²) in [5.74, 6) is -8.24. The van der Waals surface area contributed by atoms with Gasteiger partial charge in [0.25, 0.3) is 5.91 Å². The number of phenols is 1. The number of hydrogen-bond acceptors (Lipinski definition) is 15. The fourth-order valence-corrected chi connectivity index (χ4v) is 10.6.